The van der Waals surface area contributed by atoms with Crippen LogP contribution in [-0.2, 0) is 16.4 Å². The van der Waals surface area contributed by atoms with Crippen molar-refractivity contribution in [2.75, 3.05) is 19.6 Å². The molecule has 6 nitrogen and oxygen atoms in total. The maximum absolute atomic E-state index is 12.1. The molecular formula is C14H21F3N4O2S. The quantitative estimate of drug-likeness (QED) is 0.502. The van der Waals surface area contributed by atoms with Crippen molar-refractivity contribution in [1.82, 2.24) is 10.6 Å². The number of aliphatic imine (C=N–C) groups is 1. The van der Waals surface area contributed by atoms with Gasteiger partial charge in [-0.25, -0.2) is 13.6 Å². The van der Waals surface area contributed by atoms with E-state index in [0.29, 0.717) is 25.5 Å². The minimum absolute atomic E-state index is 0.0289. The molecule has 0 bridgehead atoms. The molecule has 24 heavy (non-hydrogen) atoms. The Bertz CT molecular complexity index is 643. The van der Waals surface area contributed by atoms with Crippen LogP contribution < -0.4 is 15.8 Å². The van der Waals surface area contributed by atoms with Gasteiger partial charge in [0.1, 0.15) is 0 Å². The third kappa shape index (κ3) is 8.16. The van der Waals surface area contributed by atoms with Gasteiger partial charge in [0.15, 0.2) is 5.96 Å². The number of alkyl halides is 3. The van der Waals surface area contributed by atoms with E-state index in [1.807, 2.05) is 6.92 Å². The highest BCUT2D eigenvalue weighted by Gasteiger charge is 2.26. The van der Waals surface area contributed by atoms with Crippen LogP contribution in [0.15, 0.2) is 34.2 Å². The number of rotatable bonds is 7. The standard InChI is InChI=1S/C14H21F3N4O2S/c1-2-19-13(21-10-8-14(15,16)17)20-9-7-11-3-5-12(6-4-11)24(18,22)23/h3-6H,2,7-10H2,1H3,(H2,18,22,23)(H2,19,20,21). The molecule has 1 aromatic carbocycles. The molecule has 0 aliphatic rings. The van der Waals surface area contributed by atoms with Gasteiger partial charge in [0.2, 0.25) is 10.0 Å². The zero-order valence-electron chi connectivity index (χ0n) is 13.2. The molecule has 1 aromatic rings. The Labute approximate surface area is 139 Å². The molecule has 1 rings (SSSR count). The topological polar surface area (TPSA) is 96.6 Å². The van der Waals surface area contributed by atoms with Gasteiger partial charge in [-0.3, -0.25) is 4.99 Å². The average Bonchev–Trinajstić information content (AvgIpc) is 2.45. The summed E-state index contributed by atoms with van der Waals surface area (Å²) in [6.07, 6.45) is -4.65. The fourth-order valence-corrected chi connectivity index (χ4v) is 2.32. The Morgan fingerprint density at radius 2 is 1.83 bits per heavy atom. The van der Waals surface area contributed by atoms with E-state index in [1.54, 1.807) is 12.1 Å². The van der Waals surface area contributed by atoms with E-state index in [0.717, 1.165) is 5.56 Å². The third-order valence-electron chi connectivity index (χ3n) is 2.97. The lowest BCUT2D eigenvalue weighted by atomic mass is 10.1. The molecule has 0 atom stereocenters. The van der Waals surface area contributed by atoms with Crippen LogP contribution in [0.2, 0.25) is 0 Å². The van der Waals surface area contributed by atoms with Crippen LogP contribution in [0.4, 0.5) is 13.2 Å². The maximum atomic E-state index is 12.1. The molecule has 0 radical (unpaired) electrons. The SMILES string of the molecule is CCNC(=NCCC(F)(F)F)NCCc1ccc(S(N)(=O)=O)cc1. The Balaban J connectivity index is 2.51. The first-order valence-electron chi connectivity index (χ1n) is 7.32. The molecule has 0 unspecified atom stereocenters. The molecule has 0 aromatic heterocycles. The predicted molar refractivity (Wildman–Crippen MR) is 86.2 cm³/mol. The van der Waals surface area contributed by atoms with Crippen molar-refractivity contribution >= 4 is 16.0 Å². The summed E-state index contributed by atoms with van der Waals surface area (Å²) in [5, 5.41) is 10.8. The second-order valence-corrected chi connectivity index (χ2v) is 6.55. The number of benzene rings is 1. The fraction of sp³-hybridized carbons (Fsp3) is 0.500. The molecule has 10 heteroatoms. The van der Waals surface area contributed by atoms with Crippen molar-refractivity contribution in [3.63, 3.8) is 0 Å². The monoisotopic (exact) mass is 366 g/mol. The molecule has 4 N–H and O–H groups in total. The van der Waals surface area contributed by atoms with Crippen LogP contribution in [0.3, 0.4) is 0 Å². The number of guanidine groups is 1. The van der Waals surface area contributed by atoms with Crippen molar-refractivity contribution in [2.24, 2.45) is 10.1 Å². The van der Waals surface area contributed by atoms with Crippen LogP contribution in [0.25, 0.3) is 0 Å². The Kier molecular flexibility index (Phi) is 7.49. The largest absolute Gasteiger partial charge is 0.390 e. The summed E-state index contributed by atoms with van der Waals surface area (Å²) in [6.45, 7) is 2.43. The molecule has 0 aliphatic carbocycles. The lowest BCUT2D eigenvalue weighted by Crippen LogP contribution is -2.38. The van der Waals surface area contributed by atoms with Gasteiger partial charge in [-0.05, 0) is 31.0 Å². The van der Waals surface area contributed by atoms with Gasteiger partial charge in [0.05, 0.1) is 17.9 Å². The second-order valence-electron chi connectivity index (χ2n) is 4.99. The van der Waals surface area contributed by atoms with Crippen molar-refractivity contribution in [2.45, 2.75) is 30.8 Å². The first-order chi connectivity index (χ1) is 11.1. The molecule has 0 saturated carbocycles. The van der Waals surface area contributed by atoms with Gasteiger partial charge in [-0.2, -0.15) is 13.2 Å². The number of nitrogens with one attached hydrogen (secondary N) is 2. The molecule has 0 spiro atoms. The highest BCUT2D eigenvalue weighted by Crippen LogP contribution is 2.18. The average molecular weight is 366 g/mol. The summed E-state index contributed by atoms with van der Waals surface area (Å²) in [6, 6.07) is 6.09. The van der Waals surface area contributed by atoms with E-state index >= 15 is 0 Å². The Morgan fingerprint density at radius 1 is 1.21 bits per heavy atom. The maximum Gasteiger partial charge on any atom is 0.390 e. The van der Waals surface area contributed by atoms with Gasteiger partial charge < -0.3 is 10.6 Å². The van der Waals surface area contributed by atoms with Crippen LogP contribution in [0.1, 0.15) is 18.9 Å². The smallest absolute Gasteiger partial charge is 0.357 e. The highest BCUT2D eigenvalue weighted by atomic mass is 32.2. The van der Waals surface area contributed by atoms with Gasteiger partial charge in [0, 0.05) is 13.1 Å². The van der Waals surface area contributed by atoms with Crippen molar-refractivity contribution in [3.05, 3.63) is 29.8 Å². The summed E-state index contributed by atoms with van der Waals surface area (Å²) in [4.78, 5) is 3.88. The number of sulfonamides is 1. The number of nitrogens with two attached hydrogens (primary N) is 1. The van der Waals surface area contributed by atoms with E-state index in [-0.39, 0.29) is 11.4 Å². The fourth-order valence-electron chi connectivity index (χ4n) is 1.81. The minimum atomic E-state index is -4.23. The van der Waals surface area contributed by atoms with Gasteiger partial charge in [-0.1, -0.05) is 12.1 Å². The summed E-state index contributed by atoms with van der Waals surface area (Å²) in [5.41, 5.74) is 0.862. The van der Waals surface area contributed by atoms with Crippen molar-refractivity contribution < 1.29 is 21.6 Å². The van der Waals surface area contributed by atoms with E-state index in [2.05, 4.69) is 15.6 Å². The van der Waals surface area contributed by atoms with E-state index in [1.165, 1.54) is 12.1 Å². The number of nitrogens with zero attached hydrogens (tertiary/aromatic N) is 1. The number of primary sulfonamides is 1. The Hall–Kier alpha value is -1.81. The lowest BCUT2D eigenvalue weighted by molar-refractivity contribution is -0.132. The lowest BCUT2D eigenvalue weighted by Gasteiger charge is -2.12. The zero-order valence-corrected chi connectivity index (χ0v) is 14.0. The second kappa shape index (κ2) is 8.88. The zero-order chi connectivity index (χ0) is 18.2. The summed E-state index contributed by atoms with van der Waals surface area (Å²) in [5.74, 6) is 0.308. The normalized spacial score (nSPS) is 13.0. The van der Waals surface area contributed by atoms with E-state index < -0.39 is 22.6 Å². The molecule has 0 aliphatic heterocycles. The highest BCUT2D eigenvalue weighted by molar-refractivity contribution is 7.89. The number of halogens is 3. The molecule has 136 valence electrons. The number of hydrogen-bond acceptors (Lipinski definition) is 3. The number of hydrogen-bond donors (Lipinski definition) is 3. The third-order valence-corrected chi connectivity index (χ3v) is 3.90. The molecular weight excluding hydrogens is 345 g/mol. The van der Waals surface area contributed by atoms with E-state index in [9.17, 15) is 21.6 Å². The summed E-state index contributed by atoms with van der Waals surface area (Å²) >= 11 is 0. The molecule has 0 saturated heterocycles. The van der Waals surface area contributed by atoms with E-state index in [4.69, 9.17) is 5.14 Å². The summed E-state index contributed by atoms with van der Waals surface area (Å²) in [7, 11) is -3.72. The first kappa shape index (κ1) is 20.2. The van der Waals surface area contributed by atoms with Gasteiger partial charge in [0.25, 0.3) is 0 Å². The molecule has 0 fully saturated rings. The van der Waals surface area contributed by atoms with Gasteiger partial charge >= 0.3 is 6.18 Å². The first-order valence-corrected chi connectivity index (χ1v) is 8.87. The minimum Gasteiger partial charge on any atom is -0.357 e. The van der Waals surface area contributed by atoms with Crippen molar-refractivity contribution in [1.29, 1.82) is 0 Å². The van der Waals surface area contributed by atoms with Crippen LogP contribution in [0, 0.1) is 0 Å². The Morgan fingerprint density at radius 3 is 2.33 bits per heavy atom. The summed E-state index contributed by atoms with van der Waals surface area (Å²) < 4.78 is 58.7. The van der Waals surface area contributed by atoms with Crippen LogP contribution in [-0.4, -0.2) is 40.2 Å². The van der Waals surface area contributed by atoms with Crippen LogP contribution in [0.5, 0.6) is 0 Å². The molecule has 0 heterocycles. The van der Waals surface area contributed by atoms with Crippen molar-refractivity contribution in [3.8, 4) is 0 Å². The van der Waals surface area contributed by atoms with Crippen LogP contribution >= 0.6 is 0 Å². The molecule has 0 amide bonds. The van der Waals surface area contributed by atoms with Gasteiger partial charge in [-0.15, -0.1) is 0 Å². The predicted octanol–water partition coefficient (Wildman–Crippen LogP) is 1.38.